The van der Waals surface area contributed by atoms with Crippen molar-refractivity contribution >= 4 is 6.16 Å². The van der Waals surface area contributed by atoms with Gasteiger partial charge in [0, 0.05) is 12.8 Å². The summed E-state index contributed by atoms with van der Waals surface area (Å²) in [5.41, 5.74) is 2.25. The molecule has 0 N–H and O–H groups in total. The van der Waals surface area contributed by atoms with E-state index < -0.39 is 6.16 Å². The van der Waals surface area contributed by atoms with Gasteiger partial charge in [-0.1, -0.05) is 60.7 Å². The summed E-state index contributed by atoms with van der Waals surface area (Å²) in [7, 11) is 0. The molecule has 26 heavy (non-hydrogen) atoms. The van der Waals surface area contributed by atoms with Crippen LogP contribution >= 0.6 is 0 Å². The van der Waals surface area contributed by atoms with Crippen LogP contribution in [0.4, 0.5) is 4.79 Å². The minimum absolute atomic E-state index is 0.290. The van der Waals surface area contributed by atoms with Gasteiger partial charge in [-0.3, -0.25) is 0 Å². The summed E-state index contributed by atoms with van der Waals surface area (Å²) in [4.78, 5) is 11.4. The van der Waals surface area contributed by atoms with E-state index in [0.717, 1.165) is 11.1 Å². The molecule has 2 aromatic carbocycles. The Morgan fingerprint density at radius 3 is 1.46 bits per heavy atom. The van der Waals surface area contributed by atoms with Crippen LogP contribution in [0.5, 0.6) is 0 Å². The van der Waals surface area contributed by atoms with Crippen molar-refractivity contribution in [3.05, 3.63) is 71.8 Å². The maximum atomic E-state index is 11.4. The zero-order valence-corrected chi connectivity index (χ0v) is 15.0. The van der Waals surface area contributed by atoms with E-state index in [1.54, 1.807) is 0 Å². The minimum Gasteiger partial charge on any atom is -0.434 e. The monoisotopic (exact) mass is 358 g/mol. The molecule has 0 aliphatic heterocycles. The van der Waals surface area contributed by atoms with Crippen LogP contribution in [0.1, 0.15) is 24.0 Å². The Hall–Kier alpha value is -2.37. The third-order valence-corrected chi connectivity index (χ3v) is 3.53. The van der Waals surface area contributed by atoms with E-state index in [2.05, 4.69) is 0 Å². The number of benzene rings is 2. The molecule has 0 aromatic heterocycles. The van der Waals surface area contributed by atoms with Gasteiger partial charge in [-0.05, 0) is 11.1 Å². The van der Waals surface area contributed by atoms with Gasteiger partial charge in [0.25, 0.3) is 0 Å². The number of hydrogen-bond acceptors (Lipinski definition) is 5. The number of ether oxygens (including phenoxy) is 4. The topological polar surface area (TPSA) is 54.0 Å². The van der Waals surface area contributed by atoms with E-state index in [1.807, 2.05) is 60.7 Å². The normalized spacial score (nSPS) is 10.5. The summed E-state index contributed by atoms with van der Waals surface area (Å²) in [5.74, 6) is 0. The SMILES string of the molecule is O=C(OCCCOCc1ccccc1)OCCCOCc1ccccc1. The second-order valence-corrected chi connectivity index (χ2v) is 5.73. The molecule has 0 heterocycles. The summed E-state index contributed by atoms with van der Waals surface area (Å²) in [6, 6.07) is 19.9. The first-order valence-electron chi connectivity index (χ1n) is 8.87. The molecule has 140 valence electrons. The molecule has 0 amide bonds. The Kier molecular flexibility index (Phi) is 9.91. The van der Waals surface area contributed by atoms with Crippen molar-refractivity contribution in [1.29, 1.82) is 0 Å². The van der Waals surface area contributed by atoms with E-state index in [-0.39, 0.29) is 13.2 Å². The Balaban J connectivity index is 1.37. The van der Waals surface area contributed by atoms with Crippen molar-refractivity contribution < 1.29 is 23.7 Å². The van der Waals surface area contributed by atoms with E-state index in [4.69, 9.17) is 18.9 Å². The van der Waals surface area contributed by atoms with Gasteiger partial charge in [-0.2, -0.15) is 0 Å². The maximum absolute atomic E-state index is 11.4. The lowest BCUT2D eigenvalue weighted by Crippen LogP contribution is -2.12. The quantitative estimate of drug-likeness (QED) is 0.417. The van der Waals surface area contributed by atoms with Crippen LogP contribution in [0.2, 0.25) is 0 Å². The fraction of sp³-hybridized carbons (Fsp3) is 0.381. The first-order valence-corrected chi connectivity index (χ1v) is 8.87. The van der Waals surface area contributed by atoms with E-state index in [1.165, 1.54) is 0 Å². The lowest BCUT2D eigenvalue weighted by molar-refractivity contribution is 0.0351. The standard InChI is InChI=1S/C21H26O5/c22-21(25-15-7-13-23-17-19-9-3-1-4-10-19)26-16-8-14-24-18-20-11-5-2-6-12-20/h1-6,9-12H,7-8,13-18H2. The fourth-order valence-corrected chi connectivity index (χ4v) is 2.20. The zero-order valence-electron chi connectivity index (χ0n) is 15.0. The summed E-state index contributed by atoms with van der Waals surface area (Å²) >= 11 is 0. The van der Waals surface area contributed by atoms with Crippen molar-refractivity contribution in [3.63, 3.8) is 0 Å². The molecule has 0 aliphatic rings. The fourth-order valence-electron chi connectivity index (χ4n) is 2.20. The highest BCUT2D eigenvalue weighted by Crippen LogP contribution is 2.02. The predicted molar refractivity (Wildman–Crippen MR) is 98.7 cm³/mol. The molecular weight excluding hydrogens is 332 g/mol. The van der Waals surface area contributed by atoms with Crippen molar-refractivity contribution in [2.24, 2.45) is 0 Å². The van der Waals surface area contributed by atoms with Crippen LogP contribution in [0.3, 0.4) is 0 Å². The smallest absolute Gasteiger partial charge is 0.434 e. The molecule has 0 spiro atoms. The molecule has 0 radical (unpaired) electrons. The Labute approximate surface area is 154 Å². The molecule has 5 nitrogen and oxygen atoms in total. The van der Waals surface area contributed by atoms with Gasteiger partial charge in [0.15, 0.2) is 0 Å². The molecule has 0 fully saturated rings. The Bertz CT molecular complexity index is 547. The van der Waals surface area contributed by atoms with Crippen LogP contribution in [0.25, 0.3) is 0 Å². The van der Waals surface area contributed by atoms with Gasteiger partial charge >= 0.3 is 6.16 Å². The van der Waals surface area contributed by atoms with Gasteiger partial charge in [0.2, 0.25) is 0 Å². The maximum Gasteiger partial charge on any atom is 0.508 e. The highest BCUT2D eigenvalue weighted by molar-refractivity contribution is 5.59. The Morgan fingerprint density at radius 2 is 1.04 bits per heavy atom. The van der Waals surface area contributed by atoms with Gasteiger partial charge < -0.3 is 18.9 Å². The highest BCUT2D eigenvalue weighted by Gasteiger charge is 2.03. The van der Waals surface area contributed by atoms with E-state index in [0.29, 0.717) is 39.3 Å². The van der Waals surface area contributed by atoms with Crippen molar-refractivity contribution in [2.45, 2.75) is 26.1 Å². The summed E-state index contributed by atoms with van der Waals surface area (Å²) in [6.45, 7) is 2.78. The van der Waals surface area contributed by atoms with E-state index >= 15 is 0 Å². The molecule has 0 atom stereocenters. The predicted octanol–water partition coefficient (Wildman–Crippen LogP) is 4.35. The largest absolute Gasteiger partial charge is 0.508 e. The number of rotatable bonds is 12. The molecule has 0 saturated heterocycles. The van der Waals surface area contributed by atoms with Gasteiger partial charge in [0.1, 0.15) is 0 Å². The third kappa shape index (κ3) is 9.20. The lowest BCUT2D eigenvalue weighted by Gasteiger charge is -2.07. The molecule has 2 aromatic rings. The Morgan fingerprint density at radius 1 is 0.615 bits per heavy atom. The van der Waals surface area contributed by atoms with Crippen molar-refractivity contribution in [1.82, 2.24) is 0 Å². The molecule has 0 bridgehead atoms. The van der Waals surface area contributed by atoms with Crippen LogP contribution in [0, 0.1) is 0 Å². The average Bonchev–Trinajstić information content (AvgIpc) is 2.69. The summed E-state index contributed by atoms with van der Waals surface area (Å²) in [6.07, 6.45) is 0.640. The second kappa shape index (κ2) is 12.9. The molecule has 0 saturated carbocycles. The highest BCUT2D eigenvalue weighted by atomic mass is 16.7. The first-order chi connectivity index (χ1) is 12.8. The molecule has 0 unspecified atom stereocenters. The number of carbonyl (C=O) groups excluding carboxylic acids is 1. The third-order valence-electron chi connectivity index (χ3n) is 3.53. The zero-order chi connectivity index (χ0) is 18.3. The summed E-state index contributed by atoms with van der Waals surface area (Å²) in [5, 5.41) is 0. The number of hydrogen-bond donors (Lipinski definition) is 0. The van der Waals surface area contributed by atoms with Crippen LogP contribution in [-0.2, 0) is 32.2 Å². The van der Waals surface area contributed by atoms with E-state index in [9.17, 15) is 4.79 Å². The lowest BCUT2D eigenvalue weighted by atomic mass is 10.2. The molecule has 5 heteroatoms. The van der Waals surface area contributed by atoms with Crippen LogP contribution in [0.15, 0.2) is 60.7 Å². The van der Waals surface area contributed by atoms with Crippen LogP contribution in [-0.4, -0.2) is 32.6 Å². The van der Waals surface area contributed by atoms with Gasteiger partial charge in [-0.25, -0.2) is 4.79 Å². The van der Waals surface area contributed by atoms with Crippen molar-refractivity contribution in [2.75, 3.05) is 26.4 Å². The first kappa shape index (κ1) is 19.9. The minimum atomic E-state index is -0.642. The van der Waals surface area contributed by atoms with Crippen LogP contribution < -0.4 is 0 Å². The average molecular weight is 358 g/mol. The van der Waals surface area contributed by atoms with Gasteiger partial charge in [-0.15, -0.1) is 0 Å². The van der Waals surface area contributed by atoms with Crippen molar-refractivity contribution in [3.8, 4) is 0 Å². The second-order valence-electron chi connectivity index (χ2n) is 5.73. The van der Waals surface area contributed by atoms with Gasteiger partial charge in [0.05, 0.1) is 39.6 Å². The molecule has 2 rings (SSSR count). The molecule has 0 aliphatic carbocycles. The summed E-state index contributed by atoms with van der Waals surface area (Å²) < 4.78 is 21.0. The number of carbonyl (C=O) groups is 1. The molecular formula is C21H26O5.